The lowest BCUT2D eigenvalue weighted by molar-refractivity contribution is 0.102. The molecule has 1 aromatic carbocycles. The SMILES string of the molecule is NCc1ccn2ncc(C(=O)Nc3ccc4c(c3)N(C(N)=O)CCC4)c2c1. The molecule has 8 heteroatoms. The summed E-state index contributed by atoms with van der Waals surface area (Å²) in [5.74, 6) is -0.277. The lowest BCUT2D eigenvalue weighted by Crippen LogP contribution is -2.39. The summed E-state index contributed by atoms with van der Waals surface area (Å²) >= 11 is 0. The summed E-state index contributed by atoms with van der Waals surface area (Å²) in [6.07, 6.45) is 5.05. The van der Waals surface area contributed by atoms with Gasteiger partial charge in [0.1, 0.15) is 0 Å². The van der Waals surface area contributed by atoms with Crippen LogP contribution in [0.25, 0.3) is 5.52 Å². The van der Waals surface area contributed by atoms with Crippen LogP contribution in [0, 0.1) is 0 Å². The highest BCUT2D eigenvalue weighted by Gasteiger charge is 2.21. The molecule has 3 heterocycles. The number of aromatic nitrogens is 2. The fourth-order valence-corrected chi connectivity index (χ4v) is 3.41. The Kier molecular flexibility index (Phi) is 4.25. The summed E-state index contributed by atoms with van der Waals surface area (Å²) in [5, 5.41) is 7.09. The van der Waals surface area contributed by atoms with E-state index in [1.165, 1.54) is 11.1 Å². The van der Waals surface area contributed by atoms with Crippen LogP contribution in [0.15, 0.2) is 42.7 Å². The number of pyridine rings is 1. The minimum Gasteiger partial charge on any atom is -0.351 e. The third-order valence-corrected chi connectivity index (χ3v) is 4.79. The third kappa shape index (κ3) is 3.11. The first-order valence-corrected chi connectivity index (χ1v) is 8.74. The average molecular weight is 364 g/mol. The second-order valence-corrected chi connectivity index (χ2v) is 6.52. The fourth-order valence-electron chi connectivity index (χ4n) is 3.41. The number of nitrogens with two attached hydrogens (primary N) is 2. The fraction of sp³-hybridized carbons (Fsp3) is 0.211. The molecule has 0 spiro atoms. The summed E-state index contributed by atoms with van der Waals surface area (Å²) in [7, 11) is 0. The van der Waals surface area contributed by atoms with Crippen molar-refractivity contribution in [3.05, 3.63) is 59.4 Å². The Balaban J connectivity index is 1.64. The van der Waals surface area contributed by atoms with Crippen molar-refractivity contribution < 1.29 is 9.59 Å². The number of hydrogen-bond donors (Lipinski definition) is 3. The quantitative estimate of drug-likeness (QED) is 0.657. The molecule has 0 unspecified atom stereocenters. The monoisotopic (exact) mass is 364 g/mol. The topological polar surface area (TPSA) is 119 Å². The number of rotatable bonds is 3. The van der Waals surface area contributed by atoms with Crippen molar-refractivity contribution in [2.75, 3.05) is 16.8 Å². The molecule has 138 valence electrons. The van der Waals surface area contributed by atoms with E-state index in [0.717, 1.165) is 29.7 Å². The summed E-state index contributed by atoms with van der Waals surface area (Å²) in [5.41, 5.74) is 15.6. The summed E-state index contributed by atoms with van der Waals surface area (Å²) in [6.45, 7) is 0.964. The molecule has 3 aromatic rings. The first-order chi connectivity index (χ1) is 13.1. The third-order valence-electron chi connectivity index (χ3n) is 4.79. The number of anilines is 2. The van der Waals surface area contributed by atoms with Gasteiger partial charge in [0.15, 0.2) is 0 Å². The summed E-state index contributed by atoms with van der Waals surface area (Å²) in [4.78, 5) is 26.0. The molecular weight excluding hydrogens is 344 g/mol. The van der Waals surface area contributed by atoms with E-state index >= 15 is 0 Å². The molecule has 0 atom stereocenters. The van der Waals surface area contributed by atoms with Crippen LogP contribution in [-0.4, -0.2) is 28.1 Å². The van der Waals surface area contributed by atoms with Crippen LogP contribution < -0.4 is 21.7 Å². The van der Waals surface area contributed by atoms with Crippen molar-refractivity contribution in [2.45, 2.75) is 19.4 Å². The van der Waals surface area contributed by atoms with Crippen LogP contribution in [-0.2, 0) is 13.0 Å². The molecular formula is C19H20N6O2. The highest BCUT2D eigenvalue weighted by Crippen LogP contribution is 2.30. The van der Waals surface area contributed by atoms with Crippen LogP contribution >= 0.6 is 0 Å². The van der Waals surface area contributed by atoms with Gasteiger partial charge in [-0.05, 0) is 48.2 Å². The van der Waals surface area contributed by atoms with Gasteiger partial charge >= 0.3 is 6.03 Å². The molecule has 0 radical (unpaired) electrons. The predicted octanol–water partition coefficient (Wildman–Crippen LogP) is 1.88. The molecule has 8 nitrogen and oxygen atoms in total. The highest BCUT2D eigenvalue weighted by molar-refractivity contribution is 6.09. The van der Waals surface area contributed by atoms with Gasteiger partial charge in [0.25, 0.3) is 5.91 Å². The van der Waals surface area contributed by atoms with Crippen LogP contribution in [0.5, 0.6) is 0 Å². The maximum absolute atomic E-state index is 12.8. The number of hydrogen-bond acceptors (Lipinski definition) is 4. The largest absolute Gasteiger partial charge is 0.351 e. The van der Waals surface area contributed by atoms with Gasteiger partial charge in [-0.25, -0.2) is 9.31 Å². The van der Waals surface area contributed by atoms with Crippen molar-refractivity contribution in [1.29, 1.82) is 0 Å². The number of urea groups is 1. The molecule has 0 aliphatic carbocycles. The molecule has 1 aliphatic heterocycles. The standard InChI is InChI=1S/C19H20N6O2/c20-10-12-5-7-25-17(8-12)15(11-22-25)18(26)23-14-4-3-13-2-1-6-24(19(21)27)16(13)9-14/h3-5,7-9,11H,1-2,6,10,20H2,(H2,21,27)(H,23,26). The van der Waals surface area contributed by atoms with E-state index < -0.39 is 6.03 Å². The predicted molar refractivity (Wildman–Crippen MR) is 103 cm³/mol. The van der Waals surface area contributed by atoms with Gasteiger partial charge in [-0.1, -0.05) is 6.07 Å². The van der Waals surface area contributed by atoms with Gasteiger partial charge in [0.2, 0.25) is 0 Å². The number of nitrogens with zero attached hydrogens (tertiary/aromatic N) is 3. The van der Waals surface area contributed by atoms with Gasteiger partial charge in [-0.2, -0.15) is 5.10 Å². The molecule has 5 N–H and O–H groups in total. The van der Waals surface area contributed by atoms with Crippen LogP contribution in [0.3, 0.4) is 0 Å². The number of amides is 3. The molecule has 0 saturated heterocycles. The number of fused-ring (bicyclic) bond motifs is 2. The molecule has 0 saturated carbocycles. The molecule has 27 heavy (non-hydrogen) atoms. The maximum atomic E-state index is 12.8. The number of carbonyl (C=O) groups excluding carboxylic acids is 2. The van der Waals surface area contributed by atoms with Gasteiger partial charge < -0.3 is 16.8 Å². The zero-order valence-electron chi connectivity index (χ0n) is 14.7. The Morgan fingerprint density at radius 2 is 2.07 bits per heavy atom. The highest BCUT2D eigenvalue weighted by atomic mass is 16.2. The second-order valence-electron chi connectivity index (χ2n) is 6.52. The zero-order chi connectivity index (χ0) is 19.0. The number of aryl methyl sites for hydroxylation is 1. The first-order valence-electron chi connectivity index (χ1n) is 8.74. The van der Waals surface area contributed by atoms with E-state index in [-0.39, 0.29) is 5.91 Å². The van der Waals surface area contributed by atoms with Gasteiger partial charge in [0.05, 0.1) is 23.0 Å². The van der Waals surface area contributed by atoms with E-state index in [0.29, 0.717) is 29.9 Å². The number of nitrogens with one attached hydrogen (secondary N) is 1. The first kappa shape index (κ1) is 17.0. The minimum atomic E-state index is -0.489. The van der Waals surface area contributed by atoms with Crippen molar-refractivity contribution in [3.63, 3.8) is 0 Å². The van der Waals surface area contributed by atoms with E-state index in [4.69, 9.17) is 11.5 Å². The second kappa shape index (κ2) is 6.73. The molecule has 0 fully saturated rings. The number of benzene rings is 1. The van der Waals surface area contributed by atoms with E-state index in [9.17, 15) is 9.59 Å². The van der Waals surface area contributed by atoms with Crippen molar-refractivity contribution in [1.82, 2.24) is 9.61 Å². The Labute approximate surface area is 155 Å². The zero-order valence-corrected chi connectivity index (χ0v) is 14.7. The number of carbonyl (C=O) groups is 2. The van der Waals surface area contributed by atoms with Crippen LogP contribution in [0.2, 0.25) is 0 Å². The van der Waals surface area contributed by atoms with Crippen molar-refractivity contribution in [3.8, 4) is 0 Å². The maximum Gasteiger partial charge on any atom is 0.319 e. The Hall–Kier alpha value is -3.39. The minimum absolute atomic E-state index is 0.277. The van der Waals surface area contributed by atoms with Crippen LogP contribution in [0.4, 0.5) is 16.2 Å². The molecule has 3 amide bonds. The lowest BCUT2D eigenvalue weighted by Gasteiger charge is -2.28. The van der Waals surface area contributed by atoms with E-state index in [1.807, 2.05) is 24.3 Å². The van der Waals surface area contributed by atoms with E-state index in [2.05, 4.69) is 10.4 Å². The molecule has 1 aliphatic rings. The Morgan fingerprint density at radius 1 is 1.22 bits per heavy atom. The molecule has 4 rings (SSSR count). The summed E-state index contributed by atoms with van der Waals surface area (Å²) < 4.78 is 1.63. The lowest BCUT2D eigenvalue weighted by atomic mass is 10.0. The normalized spacial score (nSPS) is 13.4. The van der Waals surface area contributed by atoms with E-state index in [1.54, 1.807) is 16.8 Å². The Bertz CT molecular complexity index is 1040. The molecule has 2 aromatic heterocycles. The summed E-state index contributed by atoms with van der Waals surface area (Å²) in [6, 6.07) is 8.76. The van der Waals surface area contributed by atoms with Gasteiger partial charge in [0, 0.05) is 25.0 Å². The van der Waals surface area contributed by atoms with Gasteiger partial charge in [-0.3, -0.25) is 9.69 Å². The average Bonchev–Trinajstić information content (AvgIpc) is 3.10. The van der Waals surface area contributed by atoms with Crippen LogP contribution in [0.1, 0.15) is 27.9 Å². The van der Waals surface area contributed by atoms with Crippen molar-refractivity contribution >= 4 is 28.8 Å². The number of primary amides is 1. The molecule has 0 bridgehead atoms. The smallest absolute Gasteiger partial charge is 0.319 e. The van der Waals surface area contributed by atoms with Crippen molar-refractivity contribution in [2.24, 2.45) is 11.5 Å². The van der Waals surface area contributed by atoms with Gasteiger partial charge in [-0.15, -0.1) is 0 Å². The Morgan fingerprint density at radius 3 is 2.85 bits per heavy atom.